The zero-order valence-electron chi connectivity index (χ0n) is 7.92. The lowest BCUT2D eigenvalue weighted by Crippen LogP contribution is -2.05. The third kappa shape index (κ3) is 2.42. The number of ketones is 1. The molecule has 0 saturated heterocycles. The van der Waals surface area contributed by atoms with E-state index in [0.717, 1.165) is 4.90 Å². The second-order valence-electron chi connectivity index (χ2n) is 2.78. The molecule has 0 amide bonds. The van der Waals surface area contributed by atoms with E-state index >= 15 is 0 Å². The smallest absolute Gasteiger partial charge is 0.166 e. The largest absolute Gasteiger partial charge is 0.397 e. The Bertz CT molecular complexity index is 341. The molecule has 0 atom stereocenters. The normalized spacial score (nSPS) is 10.1. The monoisotopic (exact) mass is 229 g/mol. The summed E-state index contributed by atoms with van der Waals surface area (Å²) in [6.07, 6.45) is 2.27. The summed E-state index contributed by atoms with van der Waals surface area (Å²) in [6.45, 7) is 0. The maximum atomic E-state index is 11.6. The summed E-state index contributed by atoms with van der Waals surface area (Å²) >= 11 is 7.04. The summed E-state index contributed by atoms with van der Waals surface area (Å²) in [5, 5.41) is 0. The van der Waals surface area contributed by atoms with Crippen LogP contribution in [0, 0.1) is 0 Å². The summed E-state index contributed by atoms with van der Waals surface area (Å²) < 4.78 is 0. The van der Waals surface area contributed by atoms with Crippen LogP contribution in [-0.2, 0) is 0 Å². The Morgan fingerprint density at radius 2 is 2.29 bits per heavy atom. The quantitative estimate of drug-likeness (QED) is 0.374. The third-order valence-electron chi connectivity index (χ3n) is 1.91. The molecular formula is C10H12ClNOS. The summed E-state index contributed by atoms with van der Waals surface area (Å²) in [4.78, 5) is 12.5. The molecule has 1 aromatic rings. The van der Waals surface area contributed by atoms with Crippen LogP contribution in [0.3, 0.4) is 0 Å². The zero-order valence-corrected chi connectivity index (χ0v) is 9.49. The molecule has 0 aromatic heterocycles. The second-order valence-corrected chi connectivity index (χ2v) is 4.01. The summed E-state index contributed by atoms with van der Waals surface area (Å²) in [7, 11) is 0. The van der Waals surface area contributed by atoms with Gasteiger partial charge in [0.1, 0.15) is 0 Å². The highest BCUT2D eigenvalue weighted by Gasteiger charge is 2.10. The molecule has 0 aliphatic carbocycles. The van der Waals surface area contributed by atoms with Crippen LogP contribution in [0.25, 0.3) is 0 Å². The number of thioether (sulfide) groups is 1. The molecule has 0 fully saturated rings. The number of para-hydroxylation sites is 1. The van der Waals surface area contributed by atoms with Crippen LogP contribution in [0.1, 0.15) is 16.8 Å². The molecule has 14 heavy (non-hydrogen) atoms. The van der Waals surface area contributed by atoms with Gasteiger partial charge in [0.05, 0.1) is 5.69 Å². The predicted molar refractivity (Wildman–Crippen MR) is 62.3 cm³/mol. The van der Waals surface area contributed by atoms with Crippen molar-refractivity contribution in [2.45, 2.75) is 11.3 Å². The van der Waals surface area contributed by atoms with Gasteiger partial charge in [0.15, 0.2) is 5.78 Å². The van der Waals surface area contributed by atoms with Crippen LogP contribution in [0.2, 0.25) is 0 Å². The van der Waals surface area contributed by atoms with Gasteiger partial charge in [-0.25, -0.2) is 0 Å². The Kier molecular flexibility index (Phi) is 4.29. The van der Waals surface area contributed by atoms with Crippen molar-refractivity contribution in [2.75, 3.05) is 17.9 Å². The van der Waals surface area contributed by atoms with Crippen molar-refractivity contribution in [1.29, 1.82) is 0 Å². The fourth-order valence-electron chi connectivity index (χ4n) is 1.19. The minimum absolute atomic E-state index is 0.00778. The van der Waals surface area contributed by atoms with Crippen molar-refractivity contribution < 1.29 is 4.79 Å². The maximum absolute atomic E-state index is 11.6. The standard InChI is InChI=1S/C10H12ClNOS/c1-14-9-4-2-3-7(10(9)12)8(13)5-6-11/h2-4H,5-6,12H2,1H3. The minimum Gasteiger partial charge on any atom is -0.397 e. The Hall–Kier alpha value is -0.670. The molecule has 0 bridgehead atoms. The topological polar surface area (TPSA) is 43.1 Å². The Morgan fingerprint density at radius 3 is 2.86 bits per heavy atom. The molecule has 0 saturated carbocycles. The number of carbonyl (C=O) groups is 1. The van der Waals surface area contributed by atoms with Crippen LogP contribution in [0.5, 0.6) is 0 Å². The van der Waals surface area contributed by atoms with Gasteiger partial charge in [0.25, 0.3) is 0 Å². The molecule has 0 aliphatic rings. The van der Waals surface area contributed by atoms with Gasteiger partial charge in [-0.2, -0.15) is 0 Å². The maximum Gasteiger partial charge on any atom is 0.166 e. The molecule has 0 heterocycles. The molecule has 1 rings (SSSR count). The van der Waals surface area contributed by atoms with Crippen molar-refractivity contribution in [3.8, 4) is 0 Å². The van der Waals surface area contributed by atoms with Gasteiger partial charge in [-0.3, -0.25) is 4.79 Å². The first kappa shape index (κ1) is 11.4. The van der Waals surface area contributed by atoms with Gasteiger partial charge in [0.2, 0.25) is 0 Å². The van der Waals surface area contributed by atoms with Gasteiger partial charge in [-0.1, -0.05) is 6.07 Å². The van der Waals surface area contributed by atoms with Crippen LogP contribution in [0.15, 0.2) is 23.1 Å². The first-order chi connectivity index (χ1) is 6.70. The van der Waals surface area contributed by atoms with Crippen LogP contribution >= 0.6 is 23.4 Å². The number of nitrogen functional groups attached to an aromatic ring is 1. The predicted octanol–water partition coefficient (Wildman–Crippen LogP) is 2.80. The Balaban J connectivity index is 3.03. The number of halogens is 1. The second kappa shape index (κ2) is 5.27. The van der Waals surface area contributed by atoms with Gasteiger partial charge in [0, 0.05) is 22.8 Å². The number of rotatable bonds is 4. The van der Waals surface area contributed by atoms with E-state index in [1.54, 1.807) is 6.07 Å². The fraction of sp³-hybridized carbons (Fsp3) is 0.300. The lowest BCUT2D eigenvalue weighted by molar-refractivity contribution is 0.0990. The molecule has 0 spiro atoms. The number of Topliss-reactive ketones (excluding diaryl/α,β-unsaturated/α-hetero) is 1. The summed E-state index contributed by atoms with van der Waals surface area (Å²) in [6, 6.07) is 5.48. The van der Waals surface area contributed by atoms with E-state index in [9.17, 15) is 4.79 Å². The van der Waals surface area contributed by atoms with Gasteiger partial charge < -0.3 is 5.73 Å². The van der Waals surface area contributed by atoms with Crippen LogP contribution in [-0.4, -0.2) is 17.9 Å². The zero-order chi connectivity index (χ0) is 10.6. The van der Waals surface area contributed by atoms with Gasteiger partial charge in [-0.15, -0.1) is 23.4 Å². The SMILES string of the molecule is CSc1cccc(C(=O)CCCl)c1N. The first-order valence-electron chi connectivity index (χ1n) is 4.22. The molecule has 4 heteroatoms. The average Bonchev–Trinajstić information content (AvgIpc) is 2.18. The average molecular weight is 230 g/mol. The number of carbonyl (C=O) groups excluding carboxylic acids is 1. The third-order valence-corrected chi connectivity index (χ3v) is 2.89. The van der Waals surface area contributed by atoms with Crippen molar-refractivity contribution in [2.24, 2.45) is 0 Å². The molecule has 2 nitrogen and oxygen atoms in total. The Morgan fingerprint density at radius 1 is 1.57 bits per heavy atom. The molecule has 0 radical (unpaired) electrons. The van der Waals surface area contributed by atoms with Crippen molar-refractivity contribution in [3.05, 3.63) is 23.8 Å². The van der Waals surface area contributed by atoms with Crippen LogP contribution < -0.4 is 5.73 Å². The molecular weight excluding hydrogens is 218 g/mol. The summed E-state index contributed by atoms with van der Waals surface area (Å²) in [5.41, 5.74) is 6.99. The molecule has 76 valence electrons. The fourth-order valence-corrected chi connectivity index (χ4v) is 1.90. The van der Waals surface area contributed by atoms with Gasteiger partial charge in [-0.05, 0) is 18.4 Å². The van der Waals surface area contributed by atoms with Gasteiger partial charge >= 0.3 is 0 Å². The lowest BCUT2D eigenvalue weighted by atomic mass is 10.1. The number of anilines is 1. The van der Waals surface area contributed by atoms with Crippen LogP contribution in [0.4, 0.5) is 5.69 Å². The number of hydrogen-bond donors (Lipinski definition) is 1. The van der Waals surface area contributed by atoms with Crippen molar-refractivity contribution in [1.82, 2.24) is 0 Å². The molecule has 0 unspecified atom stereocenters. The number of nitrogens with two attached hydrogens (primary N) is 1. The molecule has 2 N–H and O–H groups in total. The van der Waals surface area contributed by atoms with E-state index in [0.29, 0.717) is 23.6 Å². The van der Waals surface area contributed by atoms with E-state index in [4.69, 9.17) is 17.3 Å². The van der Waals surface area contributed by atoms with Crippen molar-refractivity contribution >= 4 is 34.8 Å². The molecule has 1 aromatic carbocycles. The number of hydrogen-bond acceptors (Lipinski definition) is 3. The lowest BCUT2D eigenvalue weighted by Gasteiger charge is -2.07. The van der Waals surface area contributed by atoms with E-state index in [2.05, 4.69) is 0 Å². The molecule has 0 aliphatic heterocycles. The van der Waals surface area contributed by atoms with Crippen molar-refractivity contribution in [3.63, 3.8) is 0 Å². The van der Waals surface area contributed by atoms with E-state index < -0.39 is 0 Å². The minimum atomic E-state index is 0.00778. The van der Waals surface area contributed by atoms with E-state index in [1.165, 1.54) is 11.8 Å². The van der Waals surface area contributed by atoms with E-state index in [-0.39, 0.29) is 5.78 Å². The number of alkyl halides is 1. The first-order valence-corrected chi connectivity index (χ1v) is 5.98. The highest BCUT2D eigenvalue weighted by atomic mass is 35.5. The highest BCUT2D eigenvalue weighted by Crippen LogP contribution is 2.26. The highest BCUT2D eigenvalue weighted by molar-refractivity contribution is 7.98. The Labute approximate surface area is 92.8 Å². The summed E-state index contributed by atoms with van der Waals surface area (Å²) in [5.74, 6) is 0.343. The van der Waals surface area contributed by atoms with E-state index in [1.807, 2.05) is 18.4 Å². The number of benzene rings is 1.